The Labute approximate surface area is 114 Å². The van der Waals surface area contributed by atoms with Gasteiger partial charge in [-0.05, 0) is 29.8 Å². The molecule has 0 aliphatic rings. The van der Waals surface area contributed by atoms with Gasteiger partial charge in [0.25, 0.3) is 5.91 Å². The summed E-state index contributed by atoms with van der Waals surface area (Å²) in [6.45, 7) is 0. The average molecular weight is 269 g/mol. The zero-order valence-corrected chi connectivity index (χ0v) is 10.4. The number of nitrogens with zero attached hydrogens (tertiary/aromatic N) is 2. The molecule has 0 unspecified atom stereocenters. The fourth-order valence-corrected chi connectivity index (χ4v) is 1.45. The largest absolute Gasteiger partial charge is 0.478 e. The zero-order chi connectivity index (χ0) is 14.4. The summed E-state index contributed by atoms with van der Waals surface area (Å²) in [6, 6.07) is 9.29. The second kappa shape index (κ2) is 6.24. The van der Waals surface area contributed by atoms with Crippen molar-refractivity contribution in [3.63, 3.8) is 0 Å². The van der Waals surface area contributed by atoms with Crippen LogP contribution in [0.25, 0.3) is 0 Å². The van der Waals surface area contributed by atoms with Crippen LogP contribution in [0.2, 0.25) is 0 Å². The van der Waals surface area contributed by atoms with Gasteiger partial charge in [-0.3, -0.25) is 9.78 Å². The smallest absolute Gasteiger partial charge is 0.335 e. The Morgan fingerprint density at radius 1 is 1.05 bits per heavy atom. The van der Waals surface area contributed by atoms with Crippen LogP contribution in [-0.4, -0.2) is 28.2 Å². The molecule has 2 N–H and O–H groups in total. The number of rotatable bonds is 4. The molecule has 6 heteroatoms. The van der Waals surface area contributed by atoms with Crippen LogP contribution >= 0.6 is 0 Å². The van der Waals surface area contributed by atoms with E-state index in [-0.39, 0.29) is 11.5 Å². The summed E-state index contributed by atoms with van der Waals surface area (Å²) in [4.78, 5) is 26.1. The first-order chi connectivity index (χ1) is 9.66. The highest BCUT2D eigenvalue weighted by Crippen LogP contribution is 2.02. The Kier molecular flexibility index (Phi) is 4.18. The fourth-order valence-electron chi connectivity index (χ4n) is 1.45. The van der Waals surface area contributed by atoms with Crippen LogP contribution in [-0.2, 0) is 0 Å². The normalized spacial score (nSPS) is 10.4. The number of pyridine rings is 1. The molecule has 0 atom stereocenters. The van der Waals surface area contributed by atoms with Gasteiger partial charge in [0, 0.05) is 18.0 Å². The van der Waals surface area contributed by atoms with Gasteiger partial charge in [0.15, 0.2) is 0 Å². The molecule has 0 bridgehead atoms. The Hall–Kier alpha value is -3.02. The summed E-state index contributed by atoms with van der Waals surface area (Å²) < 4.78 is 0. The number of aromatic nitrogens is 1. The summed E-state index contributed by atoms with van der Waals surface area (Å²) >= 11 is 0. The summed E-state index contributed by atoms with van der Waals surface area (Å²) in [6.07, 6.45) is 4.47. The maximum atomic E-state index is 11.6. The number of hydrogen-bond donors (Lipinski definition) is 2. The van der Waals surface area contributed by atoms with Crippen molar-refractivity contribution in [3.8, 4) is 0 Å². The number of benzene rings is 1. The predicted molar refractivity (Wildman–Crippen MR) is 72.7 cm³/mol. The maximum Gasteiger partial charge on any atom is 0.335 e. The van der Waals surface area contributed by atoms with Crippen LogP contribution in [0, 0.1) is 0 Å². The lowest BCUT2D eigenvalue weighted by Crippen LogP contribution is -2.17. The van der Waals surface area contributed by atoms with Gasteiger partial charge in [-0.25, -0.2) is 10.2 Å². The molecule has 6 nitrogen and oxygen atoms in total. The highest BCUT2D eigenvalue weighted by molar-refractivity contribution is 5.94. The predicted octanol–water partition coefficient (Wildman–Crippen LogP) is 1.54. The van der Waals surface area contributed by atoms with E-state index in [1.807, 2.05) is 0 Å². The first kappa shape index (κ1) is 13.4. The molecule has 1 aromatic heterocycles. The first-order valence-corrected chi connectivity index (χ1v) is 5.73. The molecule has 0 fully saturated rings. The molecule has 0 radical (unpaired) electrons. The molecule has 2 rings (SSSR count). The minimum Gasteiger partial charge on any atom is -0.478 e. The topological polar surface area (TPSA) is 91.6 Å². The highest BCUT2D eigenvalue weighted by atomic mass is 16.4. The van der Waals surface area contributed by atoms with Crippen LogP contribution in [0.4, 0.5) is 0 Å². The molecule has 0 saturated carbocycles. The van der Waals surface area contributed by atoms with Crippen molar-refractivity contribution >= 4 is 18.1 Å². The lowest BCUT2D eigenvalue weighted by molar-refractivity contribution is 0.0696. The lowest BCUT2D eigenvalue weighted by Gasteiger charge is -1.99. The van der Waals surface area contributed by atoms with Crippen molar-refractivity contribution in [3.05, 3.63) is 65.5 Å². The molecule has 1 amide bonds. The van der Waals surface area contributed by atoms with E-state index in [2.05, 4.69) is 15.5 Å². The van der Waals surface area contributed by atoms with Crippen LogP contribution in [0.1, 0.15) is 26.3 Å². The summed E-state index contributed by atoms with van der Waals surface area (Å²) in [5, 5.41) is 12.6. The molecule has 1 aromatic carbocycles. The maximum absolute atomic E-state index is 11.6. The number of carbonyl (C=O) groups is 2. The van der Waals surface area contributed by atoms with Crippen LogP contribution in [0.5, 0.6) is 0 Å². The van der Waals surface area contributed by atoms with Crippen molar-refractivity contribution < 1.29 is 14.7 Å². The number of nitrogens with one attached hydrogen (secondary N) is 1. The second-order valence-electron chi connectivity index (χ2n) is 3.86. The van der Waals surface area contributed by atoms with Crippen molar-refractivity contribution in [2.75, 3.05) is 0 Å². The highest BCUT2D eigenvalue weighted by Gasteiger charge is 2.02. The molecule has 0 spiro atoms. The van der Waals surface area contributed by atoms with Crippen LogP contribution in [0.15, 0.2) is 53.9 Å². The van der Waals surface area contributed by atoms with E-state index >= 15 is 0 Å². The first-order valence-electron chi connectivity index (χ1n) is 5.73. The second-order valence-corrected chi connectivity index (χ2v) is 3.86. The number of carboxylic acid groups (broad SMARTS) is 1. The van der Waals surface area contributed by atoms with Gasteiger partial charge in [0.1, 0.15) is 0 Å². The Balaban J connectivity index is 1.96. The molecule has 1 heterocycles. The minimum atomic E-state index is -0.987. The van der Waals surface area contributed by atoms with E-state index in [0.717, 1.165) is 0 Å². The molecular weight excluding hydrogens is 258 g/mol. The fraction of sp³-hybridized carbons (Fsp3) is 0. The number of hydrogen-bond acceptors (Lipinski definition) is 4. The van der Waals surface area contributed by atoms with E-state index < -0.39 is 5.97 Å². The molecular formula is C14H11N3O3. The van der Waals surface area contributed by atoms with Gasteiger partial charge < -0.3 is 5.11 Å². The average Bonchev–Trinajstić information content (AvgIpc) is 2.48. The van der Waals surface area contributed by atoms with Crippen LogP contribution < -0.4 is 5.43 Å². The summed E-state index contributed by atoms with van der Waals surface area (Å²) in [7, 11) is 0. The molecule has 0 aliphatic heterocycles. The van der Waals surface area contributed by atoms with E-state index in [1.165, 1.54) is 30.7 Å². The SMILES string of the molecule is O=C(O)c1ccc(/C=N/NC(=O)c2ccncc2)cc1. The third-order valence-corrected chi connectivity index (χ3v) is 2.48. The Morgan fingerprint density at radius 3 is 2.30 bits per heavy atom. The number of hydrazone groups is 1. The van der Waals surface area contributed by atoms with E-state index in [1.54, 1.807) is 24.3 Å². The Morgan fingerprint density at radius 2 is 1.70 bits per heavy atom. The quantitative estimate of drug-likeness (QED) is 0.650. The third kappa shape index (κ3) is 3.49. The number of amides is 1. The van der Waals surface area contributed by atoms with Gasteiger partial charge in [-0.1, -0.05) is 12.1 Å². The van der Waals surface area contributed by atoms with Gasteiger partial charge in [0.05, 0.1) is 11.8 Å². The van der Waals surface area contributed by atoms with Crippen molar-refractivity contribution in [2.45, 2.75) is 0 Å². The molecule has 20 heavy (non-hydrogen) atoms. The van der Waals surface area contributed by atoms with E-state index in [9.17, 15) is 9.59 Å². The Bertz CT molecular complexity index is 636. The zero-order valence-electron chi connectivity index (χ0n) is 10.4. The van der Waals surface area contributed by atoms with Crippen LogP contribution in [0.3, 0.4) is 0 Å². The van der Waals surface area contributed by atoms with Gasteiger partial charge in [-0.15, -0.1) is 0 Å². The lowest BCUT2D eigenvalue weighted by atomic mass is 10.1. The number of carboxylic acids is 1. The molecule has 0 aliphatic carbocycles. The van der Waals surface area contributed by atoms with Crippen molar-refractivity contribution in [1.82, 2.24) is 10.4 Å². The minimum absolute atomic E-state index is 0.197. The molecule has 100 valence electrons. The van der Waals surface area contributed by atoms with Crippen molar-refractivity contribution in [1.29, 1.82) is 0 Å². The number of carbonyl (C=O) groups excluding carboxylic acids is 1. The van der Waals surface area contributed by atoms with Gasteiger partial charge in [0.2, 0.25) is 0 Å². The summed E-state index contributed by atoms with van der Waals surface area (Å²) in [5.41, 5.74) is 3.71. The molecule has 2 aromatic rings. The summed E-state index contributed by atoms with van der Waals surface area (Å²) in [5.74, 6) is -1.33. The monoisotopic (exact) mass is 269 g/mol. The standard InChI is InChI=1S/C14H11N3O3/c18-13(11-5-7-15-8-6-11)17-16-9-10-1-3-12(4-2-10)14(19)20/h1-9H,(H,17,18)(H,19,20)/b16-9+. The number of aromatic carboxylic acids is 1. The van der Waals surface area contributed by atoms with Gasteiger partial charge in [-0.2, -0.15) is 5.10 Å². The van der Waals surface area contributed by atoms with Crippen molar-refractivity contribution in [2.24, 2.45) is 5.10 Å². The molecule has 0 saturated heterocycles. The van der Waals surface area contributed by atoms with E-state index in [0.29, 0.717) is 11.1 Å². The van der Waals surface area contributed by atoms with E-state index in [4.69, 9.17) is 5.11 Å². The van der Waals surface area contributed by atoms with Gasteiger partial charge >= 0.3 is 5.97 Å². The third-order valence-electron chi connectivity index (χ3n) is 2.48.